The highest BCUT2D eigenvalue weighted by Crippen LogP contribution is 2.33. The van der Waals surface area contributed by atoms with Crippen LogP contribution in [0.3, 0.4) is 0 Å². The predicted octanol–water partition coefficient (Wildman–Crippen LogP) is 4.17. The molecule has 0 aliphatic carbocycles. The predicted molar refractivity (Wildman–Crippen MR) is 84.9 cm³/mol. The van der Waals surface area contributed by atoms with Gasteiger partial charge in [0.1, 0.15) is 0 Å². The van der Waals surface area contributed by atoms with Crippen molar-refractivity contribution in [3.05, 3.63) is 65.4 Å². The molecule has 0 atom stereocenters. The Morgan fingerprint density at radius 2 is 1.62 bits per heavy atom. The number of aromatic hydroxyl groups is 1. The lowest BCUT2D eigenvalue weighted by Gasteiger charge is -2.06. The van der Waals surface area contributed by atoms with E-state index in [0.717, 1.165) is 22.5 Å². The molecule has 0 aliphatic heterocycles. The zero-order chi connectivity index (χ0) is 15.0. The Hall–Kier alpha value is -2.55. The molecule has 0 saturated heterocycles. The Labute approximate surface area is 124 Å². The number of aryl methyl sites for hydroxylation is 2. The fraction of sp³-hybridized carbons (Fsp3) is 0.167. The fourth-order valence-corrected chi connectivity index (χ4v) is 2.56. The summed E-state index contributed by atoms with van der Waals surface area (Å²) in [5, 5.41) is 14.5. The number of hydrogen-bond donors (Lipinski definition) is 1. The number of aromatic nitrogens is 2. The molecule has 0 spiro atoms. The first-order valence-electron chi connectivity index (χ1n) is 6.99. The first kappa shape index (κ1) is 13.4. The lowest BCUT2D eigenvalue weighted by molar-refractivity contribution is 0.449. The molecule has 2 aromatic carbocycles. The van der Waals surface area contributed by atoms with Crippen molar-refractivity contribution in [2.24, 2.45) is 0 Å². The van der Waals surface area contributed by atoms with E-state index >= 15 is 0 Å². The summed E-state index contributed by atoms with van der Waals surface area (Å²) in [5.74, 6) is 0.0675. The molecular weight excluding hydrogens is 260 g/mol. The van der Waals surface area contributed by atoms with Crippen molar-refractivity contribution < 1.29 is 5.11 Å². The monoisotopic (exact) mass is 278 g/mol. The van der Waals surface area contributed by atoms with E-state index in [1.807, 2.05) is 63.2 Å². The van der Waals surface area contributed by atoms with Crippen molar-refractivity contribution in [1.82, 2.24) is 9.78 Å². The highest BCUT2D eigenvalue weighted by Gasteiger charge is 2.16. The van der Waals surface area contributed by atoms with Crippen LogP contribution in [0.15, 0.2) is 48.5 Å². The van der Waals surface area contributed by atoms with Crippen molar-refractivity contribution in [2.75, 3.05) is 0 Å². The SMILES string of the molecule is Cc1ccc(-c2c(O)nn(-c3cccc(C)c3)c2C)cc1. The van der Waals surface area contributed by atoms with Gasteiger partial charge in [0.25, 0.3) is 0 Å². The Morgan fingerprint density at radius 1 is 0.905 bits per heavy atom. The van der Waals surface area contributed by atoms with Crippen LogP contribution in [0.25, 0.3) is 16.8 Å². The largest absolute Gasteiger partial charge is 0.492 e. The van der Waals surface area contributed by atoms with Crippen molar-refractivity contribution >= 4 is 0 Å². The summed E-state index contributed by atoms with van der Waals surface area (Å²) in [7, 11) is 0. The standard InChI is InChI=1S/C18H18N2O/c1-12-7-9-15(10-8-12)17-14(3)20(19-18(17)21)16-6-4-5-13(2)11-16/h4-11H,1-3H3,(H,19,21). The summed E-state index contributed by atoms with van der Waals surface area (Å²) in [5.41, 5.74) is 6.02. The molecule has 0 fully saturated rings. The van der Waals surface area contributed by atoms with E-state index in [-0.39, 0.29) is 5.88 Å². The molecule has 3 heteroatoms. The third-order valence-electron chi connectivity index (χ3n) is 3.68. The topological polar surface area (TPSA) is 38.1 Å². The molecule has 3 nitrogen and oxygen atoms in total. The molecule has 3 rings (SSSR count). The van der Waals surface area contributed by atoms with E-state index in [4.69, 9.17) is 0 Å². The van der Waals surface area contributed by atoms with Crippen LogP contribution >= 0.6 is 0 Å². The summed E-state index contributed by atoms with van der Waals surface area (Å²) in [6.07, 6.45) is 0. The molecule has 3 aromatic rings. The van der Waals surface area contributed by atoms with E-state index < -0.39 is 0 Å². The van der Waals surface area contributed by atoms with Crippen LogP contribution in [-0.4, -0.2) is 14.9 Å². The first-order valence-corrected chi connectivity index (χ1v) is 6.99. The molecule has 21 heavy (non-hydrogen) atoms. The van der Waals surface area contributed by atoms with Gasteiger partial charge in [-0.25, -0.2) is 4.68 Å². The van der Waals surface area contributed by atoms with E-state index in [2.05, 4.69) is 11.2 Å². The molecule has 1 N–H and O–H groups in total. The smallest absolute Gasteiger partial charge is 0.239 e. The zero-order valence-electron chi connectivity index (χ0n) is 12.5. The Kier molecular flexibility index (Phi) is 3.26. The van der Waals surface area contributed by atoms with Gasteiger partial charge in [-0.05, 0) is 44.0 Å². The van der Waals surface area contributed by atoms with Crippen molar-refractivity contribution in [3.8, 4) is 22.7 Å². The van der Waals surface area contributed by atoms with Crippen LogP contribution in [0, 0.1) is 20.8 Å². The van der Waals surface area contributed by atoms with Gasteiger partial charge in [0.2, 0.25) is 5.88 Å². The minimum Gasteiger partial charge on any atom is -0.492 e. The Morgan fingerprint density at radius 3 is 2.29 bits per heavy atom. The third-order valence-corrected chi connectivity index (χ3v) is 3.68. The molecule has 106 valence electrons. The summed E-state index contributed by atoms with van der Waals surface area (Å²) >= 11 is 0. The van der Waals surface area contributed by atoms with Gasteiger partial charge in [0.05, 0.1) is 16.9 Å². The molecule has 0 bridgehead atoms. The van der Waals surface area contributed by atoms with E-state index in [9.17, 15) is 5.11 Å². The van der Waals surface area contributed by atoms with Gasteiger partial charge in [-0.15, -0.1) is 5.10 Å². The average Bonchev–Trinajstić information content (AvgIpc) is 2.75. The second-order valence-electron chi connectivity index (χ2n) is 5.40. The minimum absolute atomic E-state index is 0.0675. The van der Waals surface area contributed by atoms with E-state index in [1.165, 1.54) is 11.1 Å². The number of hydrogen-bond acceptors (Lipinski definition) is 2. The molecule has 0 radical (unpaired) electrons. The maximum absolute atomic E-state index is 10.2. The number of nitrogens with zero attached hydrogens (tertiary/aromatic N) is 2. The van der Waals surface area contributed by atoms with Gasteiger partial charge >= 0.3 is 0 Å². The molecule has 0 amide bonds. The molecule has 1 heterocycles. The van der Waals surface area contributed by atoms with Crippen molar-refractivity contribution in [2.45, 2.75) is 20.8 Å². The molecule has 0 unspecified atom stereocenters. The number of benzene rings is 2. The van der Waals surface area contributed by atoms with E-state index in [1.54, 1.807) is 4.68 Å². The fourth-order valence-electron chi connectivity index (χ4n) is 2.56. The highest BCUT2D eigenvalue weighted by atomic mass is 16.3. The summed E-state index contributed by atoms with van der Waals surface area (Å²) in [6.45, 7) is 6.07. The van der Waals surface area contributed by atoms with Gasteiger partial charge in [0, 0.05) is 0 Å². The van der Waals surface area contributed by atoms with Crippen LogP contribution in [0.4, 0.5) is 0 Å². The van der Waals surface area contributed by atoms with Crippen LogP contribution in [-0.2, 0) is 0 Å². The lowest BCUT2D eigenvalue weighted by atomic mass is 10.0. The van der Waals surface area contributed by atoms with Gasteiger partial charge in [-0.2, -0.15) is 0 Å². The van der Waals surface area contributed by atoms with Gasteiger partial charge in [0.15, 0.2) is 0 Å². The summed E-state index contributed by atoms with van der Waals surface area (Å²) in [6, 6.07) is 16.2. The highest BCUT2D eigenvalue weighted by molar-refractivity contribution is 5.72. The van der Waals surface area contributed by atoms with Crippen LogP contribution in [0.2, 0.25) is 0 Å². The normalized spacial score (nSPS) is 10.8. The maximum atomic E-state index is 10.2. The summed E-state index contributed by atoms with van der Waals surface area (Å²) < 4.78 is 1.79. The van der Waals surface area contributed by atoms with Crippen LogP contribution < -0.4 is 0 Å². The number of rotatable bonds is 2. The van der Waals surface area contributed by atoms with Crippen LogP contribution in [0.1, 0.15) is 16.8 Å². The first-order chi connectivity index (χ1) is 10.1. The second kappa shape index (κ2) is 5.09. The Balaban J connectivity index is 2.14. The third kappa shape index (κ3) is 2.42. The Bertz CT molecular complexity index is 785. The van der Waals surface area contributed by atoms with Gasteiger partial charge in [-0.3, -0.25) is 0 Å². The second-order valence-corrected chi connectivity index (χ2v) is 5.40. The minimum atomic E-state index is 0.0675. The quantitative estimate of drug-likeness (QED) is 0.764. The summed E-state index contributed by atoms with van der Waals surface area (Å²) in [4.78, 5) is 0. The lowest BCUT2D eigenvalue weighted by Crippen LogP contribution is -1.99. The van der Waals surface area contributed by atoms with Gasteiger partial charge < -0.3 is 5.11 Å². The molecule has 0 saturated carbocycles. The van der Waals surface area contributed by atoms with Gasteiger partial charge in [-0.1, -0.05) is 42.0 Å². The molecule has 0 aliphatic rings. The van der Waals surface area contributed by atoms with E-state index in [0.29, 0.717) is 0 Å². The molecular formula is C18H18N2O. The maximum Gasteiger partial charge on any atom is 0.239 e. The average molecular weight is 278 g/mol. The molecule has 1 aromatic heterocycles. The van der Waals surface area contributed by atoms with Crippen molar-refractivity contribution in [1.29, 1.82) is 0 Å². The zero-order valence-corrected chi connectivity index (χ0v) is 12.5. The van der Waals surface area contributed by atoms with Crippen molar-refractivity contribution in [3.63, 3.8) is 0 Å². The van der Waals surface area contributed by atoms with Crippen LogP contribution in [0.5, 0.6) is 5.88 Å².